The van der Waals surface area contributed by atoms with E-state index in [1.807, 2.05) is 0 Å². The summed E-state index contributed by atoms with van der Waals surface area (Å²) in [6.45, 7) is 5.34. The van der Waals surface area contributed by atoms with Gasteiger partial charge in [-0.1, -0.05) is 45.4 Å². The second-order valence-corrected chi connectivity index (χ2v) is 7.04. The molecule has 182 valence electrons. The average molecular weight is 439 g/mol. The van der Waals surface area contributed by atoms with E-state index >= 15 is 0 Å². The highest BCUT2D eigenvalue weighted by Crippen LogP contribution is 2.28. The molecule has 0 radical (unpaired) electrons. The Morgan fingerprint density at radius 3 is 1.43 bits per heavy atom. The molecule has 0 aliphatic heterocycles. The molecule has 0 aliphatic carbocycles. The fourth-order valence-corrected chi connectivity index (χ4v) is 2.95. The lowest BCUT2D eigenvalue weighted by atomic mass is 10.1. The van der Waals surface area contributed by atoms with Crippen molar-refractivity contribution in [3.8, 4) is 0 Å². The number of methoxy groups -OCH3 is 4. The summed E-state index contributed by atoms with van der Waals surface area (Å²) in [6, 6.07) is 0. The average Bonchev–Trinajstić information content (AvgIpc) is 2.75. The van der Waals surface area contributed by atoms with Crippen molar-refractivity contribution in [2.75, 3.05) is 81.3 Å². The largest absolute Gasteiger partial charge is 0.382 e. The van der Waals surface area contributed by atoms with Crippen LogP contribution in [0.5, 0.6) is 0 Å². The Labute approximate surface area is 183 Å². The topological polar surface area (TPSA) is 73.8 Å². The van der Waals surface area contributed by atoms with Gasteiger partial charge < -0.3 is 37.9 Å². The van der Waals surface area contributed by atoms with Crippen LogP contribution in [0, 0.1) is 0 Å². The van der Waals surface area contributed by atoms with Crippen LogP contribution in [0.25, 0.3) is 0 Å². The second kappa shape index (κ2) is 21.9. The molecule has 1 unspecified atom stereocenters. The SMILES string of the molecule is CCCCCCCCC(OCCOC)C(OCCOC)(OCCOC)OCCOC. The Hall–Kier alpha value is -0.320. The first kappa shape index (κ1) is 29.7. The van der Waals surface area contributed by atoms with Crippen molar-refractivity contribution in [1.82, 2.24) is 0 Å². The number of hydrogen-bond acceptors (Lipinski definition) is 8. The van der Waals surface area contributed by atoms with Gasteiger partial charge >= 0.3 is 5.97 Å². The smallest absolute Gasteiger partial charge is 0.311 e. The van der Waals surface area contributed by atoms with E-state index < -0.39 is 12.1 Å². The van der Waals surface area contributed by atoms with Crippen molar-refractivity contribution >= 4 is 0 Å². The zero-order chi connectivity index (χ0) is 22.3. The first-order valence-corrected chi connectivity index (χ1v) is 11.2. The van der Waals surface area contributed by atoms with Gasteiger partial charge in [0.15, 0.2) is 0 Å². The molecule has 0 aromatic carbocycles. The van der Waals surface area contributed by atoms with Crippen LogP contribution in [-0.4, -0.2) is 93.4 Å². The Morgan fingerprint density at radius 1 is 0.533 bits per heavy atom. The number of unbranched alkanes of at least 4 members (excludes halogenated alkanes) is 5. The van der Waals surface area contributed by atoms with Gasteiger partial charge in [0, 0.05) is 28.4 Å². The van der Waals surface area contributed by atoms with Crippen LogP contribution in [0.3, 0.4) is 0 Å². The maximum atomic E-state index is 6.15. The van der Waals surface area contributed by atoms with Gasteiger partial charge in [-0.25, -0.2) is 0 Å². The van der Waals surface area contributed by atoms with Gasteiger partial charge in [0.1, 0.15) is 6.10 Å². The fraction of sp³-hybridized carbons (Fsp3) is 1.00. The van der Waals surface area contributed by atoms with Crippen LogP contribution in [0.4, 0.5) is 0 Å². The minimum absolute atomic E-state index is 0.317. The number of hydrogen-bond donors (Lipinski definition) is 0. The molecule has 0 saturated carbocycles. The third-order valence-electron chi connectivity index (χ3n) is 4.59. The van der Waals surface area contributed by atoms with Gasteiger partial charge in [0.2, 0.25) is 0 Å². The first-order valence-electron chi connectivity index (χ1n) is 11.2. The maximum Gasteiger partial charge on any atom is 0.311 e. The van der Waals surface area contributed by atoms with Crippen molar-refractivity contribution in [1.29, 1.82) is 0 Å². The van der Waals surface area contributed by atoms with E-state index in [2.05, 4.69) is 6.92 Å². The fourth-order valence-electron chi connectivity index (χ4n) is 2.95. The van der Waals surface area contributed by atoms with E-state index in [1.54, 1.807) is 28.4 Å². The standard InChI is InChI=1S/C22H46O8/c1-6-7-8-9-10-11-12-21(27-17-13-23-2)22(28-18-14-24-3,29-19-15-25-4)30-20-16-26-5/h21H,6-20H2,1-5H3. The van der Waals surface area contributed by atoms with E-state index in [0.717, 1.165) is 19.3 Å². The predicted octanol–water partition coefficient (Wildman–Crippen LogP) is 3.41. The predicted molar refractivity (Wildman–Crippen MR) is 116 cm³/mol. The molecule has 0 aromatic heterocycles. The highest BCUT2D eigenvalue weighted by atomic mass is 16.9. The van der Waals surface area contributed by atoms with E-state index in [9.17, 15) is 0 Å². The van der Waals surface area contributed by atoms with E-state index in [0.29, 0.717) is 52.9 Å². The quantitative estimate of drug-likeness (QED) is 0.168. The molecule has 0 saturated heterocycles. The molecule has 0 aromatic rings. The molecule has 0 bridgehead atoms. The molecule has 0 fully saturated rings. The first-order chi connectivity index (χ1) is 14.7. The summed E-state index contributed by atoms with van der Waals surface area (Å²) >= 11 is 0. The van der Waals surface area contributed by atoms with Crippen molar-refractivity contribution in [3.05, 3.63) is 0 Å². The zero-order valence-corrected chi connectivity index (χ0v) is 19.9. The van der Waals surface area contributed by atoms with Gasteiger partial charge in [-0.3, -0.25) is 0 Å². The maximum absolute atomic E-state index is 6.15. The Balaban J connectivity index is 5.25. The summed E-state index contributed by atoms with van der Waals surface area (Å²) in [7, 11) is 6.54. The van der Waals surface area contributed by atoms with Gasteiger partial charge in [-0.05, 0) is 6.42 Å². The molecule has 0 amide bonds. The zero-order valence-electron chi connectivity index (χ0n) is 19.9. The Kier molecular flexibility index (Phi) is 21.7. The van der Waals surface area contributed by atoms with Crippen molar-refractivity contribution in [2.24, 2.45) is 0 Å². The lowest BCUT2D eigenvalue weighted by Gasteiger charge is -2.39. The summed E-state index contributed by atoms with van der Waals surface area (Å²) in [5, 5.41) is 0. The summed E-state index contributed by atoms with van der Waals surface area (Å²) in [5.74, 6) is -1.35. The summed E-state index contributed by atoms with van der Waals surface area (Å²) in [6.07, 6.45) is 7.46. The minimum Gasteiger partial charge on any atom is -0.382 e. The molecular formula is C22H46O8. The number of rotatable bonds is 24. The normalized spacial score (nSPS) is 13.1. The lowest BCUT2D eigenvalue weighted by Crippen LogP contribution is -2.53. The molecular weight excluding hydrogens is 392 g/mol. The number of ether oxygens (including phenoxy) is 8. The van der Waals surface area contributed by atoms with Crippen LogP contribution in [0.15, 0.2) is 0 Å². The molecule has 0 N–H and O–H groups in total. The Morgan fingerprint density at radius 2 is 0.967 bits per heavy atom. The van der Waals surface area contributed by atoms with Crippen LogP contribution >= 0.6 is 0 Å². The summed E-state index contributed by atoms with van der Waals surface area (Å²) < 4.78 is 45.1. The third-order valence-corrected chi connectivity index (χ3v) is 4.59. The molecule has 8 heteroatoms. The van der Waals surface area contributed by atoms with Gasteiger partial charge in [0.05, 0.1) is 52.9 Å². The van der Waals surface area contributed by atoms with E-state index in [1.165, 1.54) is 25.7 Å². The minimum atomic E-state index is -1.35. The molecule has 1 atom stereocenters. The molecule has 0 spiro atoms. The van der Waals surface area contributed by atoms with Crippen LogP contribution in [0.2, 0.25) is 0 Å². The molecule has 0 aliphatic rings. The Bertz CT molecular complexity index is 317. The lowest BCUT2D eigenvalue weighted by molar-refractivity contribution is -0.421. The van der Waals surface area contributed by atoms with E-state index in [4.69, 9.17) is 37.9 Å². The monoisotopic (exact) mass is 438 g/mol. The summed E-state index contributed by atoms with van der Waals surface area (Å²) in [4.78, 5) is 0. The van der Waals surface area contributed by atoms with Gasteiger partial charge in [-0.15, -0.1) is 0 Å². The van der Waals surface area contributed by atoms with E-state index in [-0.39, 0.29) is 0 Å². The van der Waals surface area contributed by atoms with Crippen LogP contribution in [-0.2, 0) is 37.9 Å². The highest BCUT2D eigenvalue weighted by molar-refractivity contribution is 4.74. The highest BCUT2D eigenvalue weighted by Gasteiger charge is 2.44. The molecule has 30 heavy (non-hydrogen) atoms. The van der Waals surface area contributed by atoms with Crippen molar-refractivity contribution in [2.45, 2.75) is 63.9 Å². The molecule has 8 nitrogen and oxygen atoms in total. The van der Waals surface area contributed by atoms with Crippen LogP contribution in [0.1, 0.15) is 51.9 Å². The molecule has 0 rings (SSSR count). The molecule has 0 heterocycles. The second-order valence-electron chi connectivity index (χ2n) is 7.04. The van der Waals surface area contributed by atoms with Crippen LogP contribution < -0.4 is 0 Å². The third kappa shape index (κ3) is 14.6. The van der Waals surface area contributed by atoms with Gasteiger partial charge in [0.25, 0.3) is 0 Å². The summed E-state index contributed by atoms with van der Waals surface area (Å²) in [5.41, 5.74) is 0. The van der Waals surface area contributed by atoms with Gasteiger partial charge in [-0.2, -0.15) is 0 Å². The van der Waals surface area contributed by atoms with Crippen molar-refractivity contribution < 1.29 is 37.9 Å². The van der Waals surface area contributed by atoms with Crippen molar-refractivity contribution in [3.63, 3.8) is 0 Å².